The van der Waals surface area contributed by atoms with Gasteiger partial charge in [0, 0.05) is 23.6 Å². The van der Waals surface area contributed by atoms with E-state index in [1.807, 2.05) is 0 Å². The molecular formula is C16H18BrN3O4. The molecule has 1 aromatic carbocycles. The topological polar surface area (TPSA) is 105 Å². The highest BCUT2D eigenvalue weighted by Crippen LogP contribution is 2.66. The molecule has 0 aliphatic heterocycles. The van der Waals surface area contributed by atoms with Crippen LogP contribution in [0, 0.1) is 27.4 Å². The first kappa shape index (κ1) is 16.9. The van der Waals surface area contributed by atoms with Crippen LogP contribution in [0.25, 0.3) is 0 Å². The second-order valence-electron chi connectivity index (χ2n) is 6.69. The zero-order chi connectivity index (χ0) is 17.5. The van der Waals surface area contributed by atoms with E-state index in [1.54, 1.807) is 0 Å². The van der Waals surface area contributed by atoms with Gasteiger partial charge in [0.2, 0.25) is 5.91 Å². The molecule has 2 aliphatic carbocycles. The van der Waals surface area contributed by atoms with Crippen LogP contribution >= 0.6 is 15.9 Å². The fourth-order valence-electron chi connectivity index (χ4n) is 3.89. The van der Waals surface area contributed by atoms with Crippen molar-refractivity contribution in [1.29, 1.82) is 0 Å². The number of phenolic OH excluding ortho intramolecular Hbond substituents is 1. The minimum atomic E-state index is -0.560. The Bertz CT molecular complexity index is 736. The summed E-state index contributed by atoms with van der Waals surface area (Å²) in [6, 6.07) is 2.41. The molecule has 8 heteroatoms. The third-order valence-corrected chi connectivity index (χ3v) is 5.89. The lowest BCUT2D eigenvalue weighted by atomic mass is 9.90. The fourth-order valence-corrected chi connectivity index (χ4v) is 4.36. The molecule has 3 atom stereocenters. The van der Waals surface area contributed by atoms with Crippen molar-refractivity contribution in [2.24, 2.45) is 22.4 Å². The third kappa shape index (κ3) is 2.90. The number of hydrogen-bond donors (Lipinski definition) is 2. The lowest BCUT2D eigenvalue weighted by Gasteiger charge is -2.15. The second kappa shape index (κ2) is 6.16. The Labute approximate surface area is 147 Å². The highest BCUT2D eigenvalue weighted by atomic mass is 79.9. The number of amides is 1. The van der Waals surface area contributed by atoms with Gasteiger partial charge in [0.1, 0.15) is 5.75 Å². The number of non-ortho nitro benzene ring substituents is 1. The zero-order valence-corrected chi connectivity index (χ0v) is 14.7. The maximum Gasteiger partial charge on any atom is 0.271 e. The van der Waals surface area contributed by atoms with Crippen LogP contribution in [0.15, 0.2) is 21.7 Å². The number of carbonyl (C=O) groups is 1. The summed E-state index contributed by atoms with van der Waals surface area (Å²) in [7, 11) is 0. The summed E-state index contributed by atoms with van der Waals surface area (Å²) in [5.41, 5.74) is 2.59. The molecule has 0 heterocycles. The molecule has 2 fully saturated rings. The van der Waals surface area contributed by atoms with E-state index in [9.17, 15) is 20.0 Å². The van der Waals surface area contributed by atoms with Gasteiger partial charge in [-0.3, -0.25) is 14.9 Å². The summed E-state index contributed by atoms with van der Waals surface area (Å²) in [6.45, 7) is 2.15. The molecule has 7 nitrogen and oxygen atoms in total. The molecule has 2 saturated carbocycles. The molecule has 0 radical (unpaired) electrons. The van der Waals surface area contributed by atoms with Crippen molar-refractivity contribution in [3.05, 3.63) is 32.3 Å². The van der Waals surface area contributed by atoms with Crippen LogP contribution in [-0.2, 0) is 4.79 Å². The number of aromatic hydroxyl groups is 1. The van der Waals surface area contributed by atoms with Crippen LogP contribution in [0.5, 0.6) is 5.75 Å². The summed E-state index contributed by atoms with van der Waals surface area (Å²) >= 11 is 3.06. The number of rotatable bonds is 4. The molecule has 2 N–H and O–H groups in total. The molecule has 1 amide bonds. The number of halogens is 1. The Kier molecular flexibility index (Phi) is 4.33. The summed E-state index contributed by atoms with van der Waals surface area (Å²) in [5.74, 6) is 0.139. The number of hydrogen-bond acceptors (Lipinski definition) is 5. The number of nitrogens with one attached hydrogen (secondary N) is 1. The number of benzene rings is 1. The summed E-state index contributed by atoms with van der Waals surface area (Å²) < 4.78 is 0.199. The van der Waals surface area contributed by atoms with Gasteiger partial charge in [-0.25, -0.2) is 5.43 Å². The molecular weight excluding hydrogens is 378 g/mol. The Morgan fingerprint density at radius 3 is 2.92 bits per heavy atom. The van der Waals surface area contributed by atoms with E-state index in [4.69, 9.17) is 0 Å². The van der Waals surface area contributed by atoms with Crippen LogP contribution < -0.4 is 5.43 Å². The van der Waals surface area contributed by atoms with E-state index in [0.717, 1.165) is 19.3 Å². The van der Waals surface area contributed by atoms with Gasteiger partial charge in [-0.1, -0.05) is 19.8 Å². The maximum atomic E-state index is 12.3. The standard InChI is InChI=1S/C16H18BrN3O4/c1-16-5-3-2-4-11(16)13(16)15(22)19-18-8-9-6-10(20(23)24)7-12(17)14(9)21/h6-8,11,13,21H,2-5H2,1H3,(H,19,22)/b18-8-/t11-,13+,16+/m1/s1. The highest BCUT2D eigenvalue weighted by molar-refractivity contribution is 9.10. The monoisotopic (exact) mass is 395 g/mol. The summed E-state index contributed by atoms with van der Waals surface area (Å²) in [4.78, 5) is 22.6. The van der Waals surface area contributed by atoms with E-state index >= 15 is 0 Å². The minimum Gasteiger partial charge on any atom is -0.506 e. The van der Waals surface area contributed by atoms with Crippen LogP contribution in [0.2, 0.25) is 0 Å². The first-order chi connectivity index (χ1) is 11.3. The van der Waals surface area contributed by atoms with Crippen molar-refractivity contribution < 1.29 is 14.8 Å². The Hall–Kier alpha value is -1.96. The Balaban J connectivity index is 1.69. The number of carbonyl (C=O) groups excluding carboxylic acids is 1. The van der Waals surface area contributed by atoms with Gasteiger partial charge in [0.25, 0.3) is 5.69 Å². The van der Waals surface area contributed by atoms with E-state index in [2.05, 4.69) is 33.4 Å². The lowest BCUT2D eigenvalue weighted by molar-refractivity contribution is -0.385. The molecule has 3 rings (SSSR count). The molecule has 24 heavy (non-hydrogen) atoms. The number of nitro groups is 1. The summed E-state index contributed by atoms with van der Waals surface area (Å²) in [6.07, 6.45) is 5.70. The van der Waals surface area contributed by atoms with Crippen molar-refractivity contribution in [2.45, 2.75) is 32.6 Å². The largest absolute Gasteiger partial charge is 0.506 e. The van der Waals surface area contributed by atoms with Crippen LogP contribution in [0.4, 0.5) is 5.69 Å². The molecule has 128 valence electrons. The smallest absolute Gasteiger partial charge is 0.271 e. The highest BCUT2D eigenvalue weighted by Gasteiger charge is 2.64. The average molecular weight is 396 g/mol. The van der Waals surface area contributed by atoms with Gasteiger partial charge in [0.05, 0.1) is 15.6 Å². The van der Waals surface area contributed by atoms with Crippen molar-refractivity contribution in [2.75, 3.05) is 0 Å². The van der Waals surface area contributed by atoms with E-state index in [0.29, 0.717) is 5.92 Å². The maximum absolute atomic E-state index is 12.3. The Morgan fingerprint density at radius 1 is 1.54 bits per heavy atom. The van der Waals surface area contributed by atoms with E-state index < -0.39 is 4.92 Å². The Morgan fingerprint density at radius 2 is 2.29 bits per heavy atom. The number of nitro benzene ring substituents is 1. The van der Waals surface area contributed by atoms with Gasteiger partial charge in [-0.05, 0) is 40.1 Å². The van der Waals surface area contributed by atoms with Gasteiger partial charge in [-0.15, -0.1) is 0 Å². The average Bonchev–Trinajstić information content (AvgIpc) is 3.16. The van der Waals surface area contributed by atoms with Gasteiger partial charge in [0.15, 0.2) is 0 Å². The van der Waals surface area contributed by atoms with Crippen LogP contribution in [0.3, 0.4) is 0 Å². The van der Waals surface area contributed by atoms with Gasteiger partial charge < -0.3 is 5.11 Å². The zero-order valence-electron chi connectivity index (χ0n) is 13.2. The molecule has 0 bridgehead atoms. The number of hydrazone groups is 1. The quantitative estimate of drug-likeness (QED) is 0.463. The summed E-state index contributed by atoms with van der Waals surface area (Å²) in [5, 5.41) is 24.7. The first-order valence-electron chi connectivity index (χ1n) is 7.84. The van der Waals surface area contributed by atoms with E-state index in [1.165, 1.54) is 24.8 Å². The fraction of sp³-hybridized carbons (Fsp3) is 0.500. The SMILES string of the molecule is C[C@]12CCCC[C@@H]1[C@H]2C(=O)N/N=C\c1cc([N+](=O)[O-])cc(Br)c1O. The van der Waals surface area contributed by atoms with Crippen molar-refractivity contribution >= 4 is 33.7 Å². The molecule has 1 aromatic rings. The molecule has 0 spiro atoms. The minimum absolute atomic E-state index is 0.0115. The van der Waals surface area contributed by atoms with E-state index in [-0.39, 0.29) is 38.7 Å². The normalized spacial score (nSPS) is 28.4. The van der Waals surface area contributed by atoms with Gasteiger partial charge >= 0.3 is 0 Å². The van der Waals surface area contributed by atoms with Crippen molar-refractivity contribution in [3.63, 3.8) is 0 Å². The van der Waals surface area contributed by atoms with Crippen LogP contribution in [0.1, 0.15) is 38.2 Å². The third-order valence-electron chi connectivity index (χ3n) is 5.28. The van der Waals surface area contributed by atoms with Crippen molar-refractivity contribution in [3.8, 4) is 5.75 Å². The molecule has 0 unspecified atom stereocenters. The number of nitrogens with zero attached hydrogens (tertiary/aromatic N) is 2. The lowest BCUT2D eigenvalue weighted by Crippen LogP contribution is -2.22. The van der Waals surface area contributed by atoms with Crippen molar-refractivity contribution in [1.82, 2.24) is 5.43 Å². The van der Waals surface area contributed by atoms with Gasteiger partial charge in [-0.2, -0.15) is 5.10 Å². The number of fused-ring (bicyclic) bond motifs is 1. The second-order valence-corrected chi connectivity index (χ2v) is 7.55. The molecule has 0 aromatic heterocycles. The van der Waals surface area contributed by atoms with Crippen LogP contribution in [-0.4, -0.2) is 22.2 Å². The predicted molar refractivity (Wildman–Crippen MR) is 91.8 cm³/mol. The predicted octanol–water partition coefficient (Wildman–Crippen LogP) is 3.34. The first-order valence-corrected chi connectivity index (χ1v) is 8.63. The number of phenols is 1. The molecule has 2 aliphatic rings. The molecule has 0 saturated heterocycles.